The maximum Gasteiger partial charge on any atom is 0.0509 e. The van der Waals surface area contributed by atoms with Gasteiger partial charge in [-0.05, 0) is 38.0 Å². The van der Waals surface area contributed by atoms with Gasteiger partial charge in [0.15, 0.2) is 0 Å². The van der Waals surface area contributed by atoms with Gasteiger partial charge >= 0.3 is 0 Å². The summed E-state index contributed by atoms with van der Waals surface area (Å²) < 4.78 is 5.44. The van der Waals surface area contributed by atoms with Crippen LogP contribution in [0.1, 0.15) is 33.1 Å². The summed E-state index contributed by atoms with van der Waals surface area (Å²) >= 11 is 1.95. The summed E-state index contributed by atoms with van der Waals surface area (Å²) in [7, 11) is 0. The van der Waals surface area contributed by atoms with E-state index >= 15 is 0 Å². The van der Waals surface area contributed by atoms with Crippen molar-refractivity contribution in [2.24, 2.45) is 5.92 Å². The predicted octanol–water partition coefficient (Wildman–Crippen LogP) is 2.53. The monoisotopic (exact) mass is 231 g/mol. The van der Waals surface area contributed by atoms with Crippen molar-refractivity contribution in [2.75, 3.05) is 26.0 Å². The van der Waals surface area contributed by atoms with Gasteiger partial charge in [0.25, 0.3) is 0 Å². The quantitative estimate of drug-likeness (QED) is 0.727. The molecule has 1 aliphatic heterocycles. The fourth-order valence-electron chi connectivity index (χ4n) is 2.10. The molecule has 1 saturated heterocycles. The lowest BCUT2D eigenvalue weighted by molar-refractivity contribution is 0.176. The van der Waals surface area contributed by atoms with E-state index in [0.29, 0.717) is 6.04 Å². The Kier molecular flexibility index (Phi) is 6.69. The van der Waals surface area contributed by atoms with Gasteiger partial charge in [0.05, 0.1) is 6.61 Å². The van der Waals surface area contributed by atoms with Crippen LogP contribution in [0.25, 0.3) is 0 Å². The average molecular weight is 231 g/mol. The Bertz CT molecular complexity index is 160. The first-order chi connectivity index (χ1) is 7.27. The van der Waals surface area contributed by atoms with Crippen LogP contribution in [0.2, 0.25) is 0 Å². The van der Waals surface area contributed by atoms with Crippen molar-refractivity contribution >= 4 is 11.8 Å². The van der Waals surface area contributed by atoms with Gasteiger partial charge in [-0.3, -0.25) is 0 Å². The van der Waals surface area contributed by atoms with E-state index in [1.807, 2.05) is 11.8 Å². The van der Waals surface area contributed by atoms with Gasteiger partial charge in [-0.1, -0.05) is 13.8 Å². The molecule has 0 spiro atoms. The molecule has 0 radical (unpaired) electrons. The van der Waals surface area contributed by atoms with Crippen molar-refractivity contribution < 1.29 is 4.74 Å². The molecular weight excluding hydrogens is 206 g/mol. The molecule has 1 aliphatic rings. The molecule has 1 N–H and O–H groups in total. The second-order valence-corrected chi connectivity index (χ2v) is 5.70. The third kappa shape index (κ3) is 4.75. The van der Waals surface area contributed by atoms with Crippen molar-refractivity contribution in [3.05, 3.63) is 0 Å². The highest BCUT2D eigenvalue weighted by atomic mass is 32.2. The Morgan fingerprint density at radius 1 is 1.53 bits per heavy atom. The number of ether oxygens (including phenoxy) is 1. The zero-order valence-corrected chi connectivity index (χ0v) is 11.1. The Morgan fingerprint density at radius 2 is 2.33 bits per heavy atom. The van der Waals surface area contributed by atoms with E-state index in [2.05, 4.69) is 25.4 Å². The van der Waals surface area contributed by atoms with Crippen LogP contribution in [0.4, 0.5) is 0 Å². The van der Waals surface area contributed by atoms with Crippen molar-refractivity contribution in [1.82, 2.24) is 5.32 Å². The third-order valence-electron chi connectivity index (χ3n) is 3.33. The molecule has 0 aromatic rings. The fraction of sp³-hybridized carbons (Fsp3) is 1.00. The zero-order valence-electron chi connectivity index (χ0n) is 10.3. The van der Waals surface area contributed by atoms with Crippen molar-refractivity contribution in [3.8, 4) is 0 Å². The fourth-order valence-corrected chi connectivity index (χ4v) is 2.46. The SMILES string of the molecule is CCC(NCCC(C)SC)C1CCOC1. The molecule has 0 aliphatic carbocycles. The molecule has 0 bridgehead atoms. The number of nitrogens with one attached hydrogen (secondary N) is 1. The van der Waals surface area contributed by atoms with E-state index in [-0.39, 0.29) is 0 Å². The van der Waals surface area contributed by atoms with Gasteiger partial charge in [0.2, 0.25) is 0 Å². The maximum absolute atomic E-state index is 5.44. The topological polar surface area (TPSA) is 21.3 Å². The minimum atomic E-state index is 0.668. The Balaban J connectivity index is 2.15. The van der Waals surface area contributed by atoms with Crippen LogP contribution in [-0.2, 0) is 4.74 Å². The van der Waals surface area contributed by atoms with E-state index in [4.69, 9.17) is 4.74 Å². The largest absolute Gasteiger partial charge is 0.381 e. The second-order valence-electron chi connectivity index (χ2n) is 4.43. The summed E-state index contributed by atoms with van der Waals surface area (Å²) in [5.41, 5.74) is 0. The molecule has 90 valence electrons. The van der Waals surface area contributed by atoms with Gasteiger partial charge in [-0.25, -0.2) is 0 Å². The molecule has 3 atom stereocenters. The molecule has 1 rings (SSSR count). The van der Waals surface area contributed by atoms with Gasteiger partial charge < -0.3 is 10.1 Å². The van der Waals surface area contributed by atoms with Gasteiger partial charge in [-0.15, -0.1) is 0 Å². The molecule has 1 fully saturated rings. The average Bonchev–Trinajstić information content (AvgIpc) is 2.77. The van der Waals surface area contributed by atoms with Gasteiger partial charge in [0, 0.05) is 17.9 Å². The van der Waals surface area contributed by atoms with E-state index in [9.17, 15) is 0 Å². The minimum absolute atomic E-state index is 0.668. The predicted molar refractivity (Wildman–Crippen MR) is 68.6 cm³/mol. The first-order valence-electron chi connectivity index (χ1n) is 6.11. The highest BCUT2D eigenvalue weighted by Gasteiger charge is 2.23. The molecule has 3 heteroatoms. The van der Waals surface area contributed by atoms with E-state index in [0.717, 1.165) is 30.9 Å². The Labute approximate surface area is 98.5 Å². The third-order valence-corrected chi connectivity index (χ3v) is 4.37. The van der Waals surface area contributed by atoms with Crippen molar-refractivity contribution in [2.45, 2.75) is 44.4 Å². The molecular formula is C12H25NOS. The van der Waals surface area contributed by atoms with Crippen LogP contribution in [0.5, 0.6) is 0 Å². The first kappa shape index (κ1) is 13.3. The van der Waals surface area contributed by atoms with E-state index < -0.39 is 0 Å². The molecule has 0 aromatic carbocycles. The molecule has 3 unspecified atom stereocenters. The van der Waals surface area contributed by atoms with Crippen LogP contribution in [0.3, 0.4) is 0 Å². The Morgan fingerprint density at radius 3 is 2.87 bits per heavy atom. The van der Waals surface area contributed by atoms with Crippen LogP contribution >= 0.6 is 11.8 Å². The summed E-state index contributed by atoms with van der Waals surface area (Å²) in [6.07, 6.45) is 5.92. The molecule has 0 saturated carbocycles. The number of thioether (sulfide) groups is 1. The lowest BCUT2D eigenvalue weighted by Crippen LogP contribution is -2.37. The molecule has 0 aromatic heterocycles. The molecule has 0 amide bonds. The van der Waals surface area contributed by atoms with Crippen molar-refractivity contribution in [3.63, 3.8) is 0 Å². The summed E-state index contributed by atoms with van der Waals surface area (Å²) in [5, 5.41) is 4.46. The standard InChI is InChI=1S/C12H25NOS/c1-4-12(11-6-8-14-9-11)13-7-5-10(2)15-3/h10-13H,4-9H2,1-3H3. The van der Waals surface area contributed by atoms with Gasteiger partial charge in [0.1, 0.15) is 0 Å². The lowest BCUT2D eigenvalue weighted by atomic mass is 9.97. The first-order valence-corrected chi connectivity index (χ1v) is 7.40. The summed E-state index contributed by atoms with van der Waals surface area (Å²) in [4.78, 5) is 0. The Hall–Kier alpha value is 0.270. The van der Waals surface area contributed by atoms with E-state index in [1.165, 1.54) is 19.3 Å². The number of rotatable bonds is 7. The highest BCUT2D eigenvalue weighted by Crippen LogP contribution is 2.19. The van der Waals surface area contributed by atoms with E-state index in [1.54, 1.807) is 0 Å². The van der Waals surface area contributed by atoms with Crippen LogP contribution in [-0.4, -0.2) is 37.3 Å². The van der Waals surface area contributed by atoms with Crippen molar-refractivity contribution in [1.29, 1.82) is 0 Å². The van der Waals surface area contributed by atoms with Gasteiger partial charge in [-0.2, -0.15) is 11.8 Å². The number of hydrogen-bond acceptors (Lipinski definition) is 3. The zero-order chi connectivity index (χ0) is 11.1. The smallest absolute Gasteiger partial charge is 0.0509 e. The molecule has 2 nitrogen and oxygen atoms in total. The summed E-state index contributed by atoms with van der Waals surface area (Å²) in [6.45, 7) is 7.64. The van der Waals surface area contributed by atoms with Crippen LogP contribution in [0, 0.1) is 5.92 Å². The van der Waals surface area contributed by atoms with Crippen LogP contribution < -0.4 is 5.32 Å². The van der Waals surface area contributed by atoms with Crippen LogP contribution in [0.15, 0.2) is 0 Å². The summed E-state index contributed by atoms with van der Waals surface area (Å²) in [5.74, 6) is 0.750. The second kappa shape index (κ2) is 7.53. The minimum Gasteiger partial charge on any atom is -0.381 e. The normalized spacial score (nSPS) is 25.4. The summed E-state index contributed by atoms with van der Waals surface area (Å²) in [6, 6.07) is 0.668. The molecule has 1 heterocycles. The molecule has 15 heavy (non-hydrogen) atoms. The maximum atomic E-state index is 5.44. The highest BCUT2D eigenvalue weighted by molar-refractivity contribution is 7.99. The lowest BCUT2D eigenvalue weighted by Gasteiger charge is -2.23. The number of hydrogen-bond donors (Lipinski definition) is 1.